The molecule has 20 heavy (non-hydrogen) atoms. The van der Waals surface area contributed by atoms with Gasteiger partial charge in [0.2, 0.25) is 0 Å². The van der Waals surface area contributed by atoms with Crippen molar-refractivity contribution in [3.8, 4) is 0 Å². The number of rotatable bonds is 8. The number of methoxy groups -OCH3 is 2. The van der Waals surface area contributed by atoms with Crippen LogP contribution in [0, 0.1) is 0 Å². The number of hydrogen-bond acceptors (Lipinski definition) is 5. The number of hydrogen-bond donors (Lipinski definition) is 2. The van der Waals surface area contributed by atoms with E-state index in [1.54, 1.807) is 6.92 Å². The van der Waals surface area contributed by atoms with Crippen molar-refractivity contribution in [3.63, 3.8) is 0 Å². The Bertz CT molecular complexity index is 369. The van der Waals surface area contributed by atoms with Crippen LogP contribution in [0.4, 0.5) is 4.79 Å². The molecule has 3 amide bonds. The van der Waals surface area contributed by atoms with Crippen LogP contribution in [0.3, 0.4) is 0 Å². The Morgan fingerprint density at radius 1 is 1.25 bits per heavy atom. The quantitative estimate of drug-likeness (QED) is 0.602. The molecule has 0 fully saturated rings. The van der Waals surface area contributed by atoms with Crippen LogP contribution in [0.25, 0.3) is 0 Å². The molecule has 0 bridgehead atoms. The molecule has 0 aliphatic rings. The lowest BCUT2D eigenvalue weighted by Gasteiger charge is -2.28. The predicted molar refractivity (Wildman–Crippen MR) is 70.2 cm³/mol. The van der Waals surface area contributed by atoms with Gasteiger partial charge in [-0.25, -0.2) is 9.59 Å². The number of carbonyl (C=O) groups is 3. The fourth-order valence-electron chi connectivity index (χ4n) is 1.41. The van der Waals surface area contributed by atoms with Crippen molar-refractivity contribution < 1.29 is 29.0 Å². The summed E-state index contributed by atoms with van der Waals surface area (Å²) in [5.74, 6) is -2.07. The topological polar surface area (TPSA) is 105 Å². The molecule has 1 atom stereocenters. The Labute approximate surface area is 117 Å². The van der Waals surface area contributed by atoms with Crippen molar-refractivity contribution in [1.29, 1.82) is 0 Å². The smallest absolute Gasteiger partial charge is 0.328 e. The van der Waals surface area contributed by atoms with E-state index < -0.39 is 17.9 Å². The lowest BCUT2D eigenvalue weighted by atomic mass is 10.3. The fourth-order valence-corrected chi connectivity index (χ4v) is 1.41. The van der Waals surface area contributed by atoms with Crippen LogP contribution in [0.1, 0.15) is 6.92 Å². The second-order valence-electron chi connectivity index (χ2n) is 3.96. The molecule has 0 aliphatic carbocycles. The molecule has 0 heterocycles. The highest BCUT2D eigenvalue weighted by molar-refractivity contribution is 6.02. The van der Waals surface area contributed by atoms with Crippen LogP contribution in [0.5, 0.6) is 0 Å². The Morgan fingerprint density at radius 3 is 2.40 bits per heavy atom. The third-order valence-electron chi connectivity index (χ3n) is 2.34. The van der Waals surface area contributed by atoms with Gasteiger partial charge >= 0.3 is 12.0 Å². The first-order chi connectivity index (χ1) is 9.42. The number of carbonyl (C=O) groups excluding carboxylic acids is 2. The average molecular weight is 288 g/mol. The molecule has 8 nitrogen and oxygen atoms in total. The molecule has 0 aromatic carbocycles. The fraction of sp³-hybridized carbons (Fsp3) is 0.583. The zero-order valence-corrected chi connectivity index (χ0v) is 11.8. The van der Waals surface area contributed by atoms with Crippen LogP contribution in [-0.4, -0.2) is 67.9 Å². The number of ether oxygens (including phenoxy) is 2. The third kappa shape index (κ3) is 7.49. The number of amides is 3. The Kier molecular flexibility index (Phi) is 8.97. The summed E-state index contributed by atoms with van der Waals surface area (Å²) in [6, 6.07) is -0.891. The molecular weight excluding hydrogens is 268 g/mol. The van der Waals surface area contributed by atoms with Gasteiger partial charge in [-0.1, -0.05) is 0 Å². The van der Waals surface area contributed by atoms with Crippen LogP contribution < -0.4 is 5.32 Å². The van der Waals surface area contributed by atoms with Crippen molar-refractivity contribution in [2.75, 3.05) is 34.0 Å². The minimum atomic E-state index is -1.27. The SMILES string of the molecule is COCCN(C(=O)NC(=O)C=CC(=O)O)C(C)COC. The maximum absolute atomic E-state index is 11.9. The third-order valence-corrected chi connectivity index (χ3v) is 2.34. The van der Waals surface area contributed by atoms with Crippen LogP contribution in [-0.2, 0) is 19.1 Å². The zero-order chi connectivity index (χ0) is 15.5. The number of carboxylic acid groups (broad SMARTS) is 1. The van der Waals surface area contributed by atoms with E-state index >= 15 is 0 Å². The molecule has 0 aromatic heterocycles. The van der Waals surface area contributed by atoms with E-state index in [0.717, 1.165) is 6.08 Å². The maximum atomic E-state index is 11.9. The van der Waals surface area contributed by atoms with Crippen molar-refractivity contribution in [1.82, 2.24) is 10.2 Å². The maximum Gasteiger partial charge on any atom is 0.328 e. The predicted octanol–water partition coefficient (Wildman–Crippen LogP) is -0.153. The number of aliphatic carboxylic acids is 1. The minimum Gasteiger partial charge on any atom is -0.478 e. The monoisotopic (exact) mass is 288 g/mol. The molecule has 1 unspecified atom stereocenters. The van der Waals surface area contributed by atoms with E-state index in [0.29, 0.717) is 19.3 Å². The number of urea groups is 1. The van der Waals surface area contributed by atoms with Crippen LogP contribution >= 0.6 is 0 Å². The number of nitrogens with zero attached hydrogens (tertiary/aromatic N) is 1. The Morgan fingerprint density at radius 2 is 1.90 bits per heavy atom. The highest BCUT2D eigenvalue weighted by atomic mass is 16.5. The molecule has 0 aromatic rings. The first kappa shape index (κ1) is 18.1. The molecule has 0 radical (unpaired) electrons. The van der Waals surface area contributed by atoms with Gasteiger partial charge in [0.05, 0.1) is 19.3 Å². The lowest BCUT2D eigenvalue weighted by Crippen LogP contribution is -2.49. The molecule has 0 rings (SSSR count). The summed E-state index contributed by atoms with van der Waals surface area (Å²) < 4.78 is 9.86. The Hall–Kier alpha value is -1.93. The second-order valence-corrected chi connectivity index (χ2v) is 3.96. The van der Waals surface area contributed by atoms with Gasteiger partial charge in [-0.15, -0.1) is 0 Å². The van der Waals surface area contributed by atoms with Gasteiger partial charge in [-0.3, -0.25) is 10.1 Å². The van der Waals surface area contributed by atoms with E-state index in [-0.39, 0.29) is 12.6 Å². The lowest BCUT2D eigenvalue weighted by molar-refractivity contribution is -0.131. The number of nitrogens with one attached hydrogen (secondary N) is 1. The normalized spacial score (nSPS) is 12.2. The van der Waals surface area contributed by atoms with Crippen LogP contribution in [0.15, 0.2) is 12.2 Å². The molecule has 0 aliphatic heterocycles. The minimum absolute atomic E-state index is 0.258. The molecule has 0 spiro atoms. The van der Waals surface area contributed by atoms with E-state index in [2.05, 4.69) is 5.32 Å². The van der Waals surface area contributed by atoms with Gasteiger partial charge in [0, 0.05) is 32.9 Å². The van der Waals surface area contributed by atoms with Crippen LogP contribution in [0.2, 0.25) is 0 Å². The average Bonchev–Trinajstić information content (AvgIpc) is 2.37. The first-order valence-corrected chi connectivity index (χ1v) is 5.92. The van der Waals surface area contributed by atoms with E-state index in [1.165, 1.54) is 19.1 Å². The first-order valence-electron chi connectivity index (χ1n) is 5.92. The molecule has 0 saturated carbocycles. The molecule has 8 heteroatoms. The molecule has 114 valence electrons. The summed E-state index contributed by atoms with van der Waals surface area (Å²) in [5, 5.41) is 10.5. The van der Waals surface area contributed by atoms with E-state index in [4.69, 9.17) is 14.6 Å². The largest absolute Gasteiger partial charge is 0.478 e. The Balaban J connectivity index is 4.60. The number of carboxylic acids is 1. The van der Waals surface area contributed by atoms with Gasteiger partial charge < -0.3 is 19.5 Å². The zero-order valence-electron chi connectivity index (χ0n) is 11.8. The standard InChI is InChI=1S/C12H20N2O6/c1-9(8-20-3)14(6-7-19-2)12(18)13-10(15)4-5-11(16)17/h4-5,9H,6-8H2,1-3H3,(H,16,17)(H,13,15,18). The number of imide groups is 1. The summed E-state index contributed by atoms with van der Waals surface area (Å²) >= 11 is 0. The molecule has 2 N–H and O–H groups in total. The van der Waals surface area contributed by atoms with Crippen molar-refractivity contribution in [2.45, 2.75) is 13.0 Å². The van der Waals surface area contributed by atoms with E-state index in [1.807, 2.05) is 0 Å². The summed E-state index contributed by atoms with van der Waals surface area (Å²) in [6.45, 7) is 2.65. The van der Waals surface area contributed by atoms with E-state index in [9.17, 15) is 14.4 Å². The summed E-state index contributed by atoms with van der Waals surface area (Å²) in [4.78, 5) is 34.9. The highest BCUT2D eigenvalue weighted by Gasteiger charge is 2.20. The van der Waals surface area contributed by atoms with Crippen molar-refractivity contribution in [3.05, 3.63) is 12.2 Å². The summed E-state index contributed by atoms with van der Waals surface area (Å²) in [6.07, 6.45) is 1.43. The molecular formula is C12H20N2O6. The van der Waals surface area contributed by atoms with Gasteiger partial charge in [-0.05, 0) is 6.92 Å². The van der Waals surface area contributed by atoms with Crippen molar-refractivity contribution >= 4 is 17.9 Å². The van der Waals surface area contributed by atoms with Gasteiger partial charge in [0.1, 0.15) is 0 Å². The van der Waals surface area contributed by atoms with Crippen molar-refractivity contribution in [2.24, 2.45) is 0 Å². The van der Waals surface area contributed by atoms with Gasteiger partial charge in [-0.2, -0.15) is 0 Å². The van der Waals surface area contributed by atoms with Gasteiger partial charge in [0.15, 0.2) is 0 Å². The summed E-state index contributed by atoms with van der Waals surface area (Å²) in [7, 11) is 3.00. The summed E-state index contributed by atoms with van der Waals surface area (Å²) in [5.41, 5.74) is 0. The second kappa shape index (κ2) is 9.93. The molecule has 0 saturated heterocycles. The van der Waals surface area contributed by atoms with Gasteiger partial charge in [0.25, 0.3) is 5.91 Å². The highest BCUT2D eigenvalue weighted by Crippen LogP contribution is 2.00.